The summed E-state index contributed by atoms with van der Waals surface area (Å²) >= 11 is 5.92. The lowest BCUT2D eigenvalue weighted by molar-refractivity contribution is -0.135. The van der Waals surface area contributed by atoms with E-state index in [2.05, 4.69) is 5.32 Å². The molecule has 0 saturated heterocycles. The van der Waals surface area contributed by atoms with Gasteiger partial charge in [-0.05, 0) is 49.2 Å². The summed E-state index contributed by atoms with van der Waals surface area (Å²) in [5, 5.41) is 1.65. The fourth-order valence-electron chi connectivity index (χ4n) is 3.53. The molecule has 0 saturated carbocycles. The highest BCUT2D eigenvalue weighted by molar-refractivity contribution is 7.92. The first kappa shape index (κ1) is 28.9. The average Bonchev–Trinajstić information content (AvgIpc) is 2.82. The van der Waals surface area contributed by atoms with Crippen LogP contribution >= 0.6 is 24.0 Å². The van der Waals surface area contributed by atoms with Gasteiger partial charge in [-0.3, -0.25) is 9.59 Å². The van der Waals surface area contributed by atoms with Gasteiger partial charge in [0.2, 0.25) is 5.91 Å². The van der Waals surface area contributed by atoms with Gasteiger partial charge in [0.1, 0.15) is 6.04 Å². The first-order valence-corrected chi connectivity index (χ1v) is 12.3. The van der Waals surface area contributed by atoms with Gasteiger partial charge < -0.3 is 16.0 Å². The summed E-state index contributed by atoms with van der Waals surface area (Å²) in [6, 6.07) is 8.93. The smallest absolute Gasteiger partial charge is 0.352 e. The number of alkyl halides is 3. The molecule has 2 aromatic carbocycles. The van der Waals surface area contributed by atoms with Gasteiger partial charge in [0.25, 0.3) is 5.91 Å². The van der Waals surface area contributed by atoms with E-state index in [0.29, 0.717) is 10.6 Å². The first-order valence-electron chi connectivity index (χ1n) is 10.4. The van der Waals surface area contributed by atoms with Crippen molar-refractivity contribution in [3.8, 4) is 0 Å². The summed E-state index contributed by atoms with van der Waals surface area (Å²) in [6.07, 6.45) is -5.68. The zero-order valence-electron chi connectivity index (χ0n) is 18.5. The number of amides is 2. The minimum atomic E-state index is -4.33. The SMILES string of the molecule is C[C@@H]1[C@H](N)C(=O)N(Cc2ccc(Cl)cc2)c2cc(C(=O)NCCCC(F)(F)F)ccc2S1(=O)=O.Cl. The molecular formula is C22H24Cl2F3N3O4S. The van der Waals surface area contributed by atoms with Gasteiger partial charge in [-0.25, -0.2) is 8.42 Å². The molecule has 1 aliphatic rings. The van der Waals surface area contributed by atoms with Gasteiger partial charge in [0, 0.05) is 23.6 Å². The molecule has 0 fully saturated rings. The lowest BCUT2D eigenvalue weighted by atomic mass is 10.1. The summed E-state index contributed by atoms with van der Waals surface area (Å²) in [5.74, 6) is -1.34. The largest absolute Gasteiger partial charge is 0.389 e. The summed E-state index contributed by atoms with van der Waals surface area (Å²) in [5.41, 5.74) is 6.61. The van der Waals surface area contributed by atoms with Crippen LogP contribution in [0.2, 0.25) is 5.02 Å². The Bertz CT molecular complexity index is 1190. The van der Waals surface area contributed by atoms with Crippen LogP contribution in [0.5, 0.6) is 0 Å². The summed E-state index contributed by atoms with van der Waals surface area (Å²) in [7, 11) is -4.02. The Balaban J connectivity index is 0.00000432. The molecule has 2 amide bonds. The number of nitrogens with one attached hydrogen (secondary N) is 1. The minimum absolute atomic E-state index is 0. The van der Waals surface area contributed by atoms with Gasteiger partial charge >= 0.3 is 6.18 Å². The van der Waals surface area contributed by atoms with Crippen LogP contribution in [0.3, 0.4) is 0 Å². The molecule has 0 bridgehead atoms. The maximum absolute atomic E-state index is 13.2. The van der Waals surface area contributed by atoms with Crippen molar-refractivity contribution in [2.75, 3.05) is 11.4 Å². The lowest BCUT2D eigenvalue weighted by Crippen LogP contribution is -2.49. The van der Waals surface area contributed by atoms with Crippen LogP contribution in [0.25, 0.3) is 0 Å². The number of carbonyl (C=O) groups is 2. The van der Waals surface area contributed by atoms with Gasteiger partial charge in [0.15, 0.2) is 9.84 Å². The van der Waals surface area contributed by atoms with E-state index < -0.39 is 45.5 Å². The summed E-state index contributed by atoms with van der Waals surface area (Å²) < 4.78 is 63.2. The monoisotopic (exact) mass is 553 g/mol. The summed E-state index contributed by atoms with van der Waals surface area (Å²) in [4.78, 5) is 26.7. The molecule has 0 aliphatic carbocycles. The predicted octanol–water partition coefficient (Wildman–Crippen LogP) is 3.87. The van der Waals surface area contributed by atoms with Crippen molar-refractivity contribution in [3.63, 3.8) is 0 Å². The maximum atomic E-state index is 13.2. The van der Waals surface area contributed by atoms with Crippen molar-refractivity contribution in [1.82, 2.24) is 5.32 Å². The van der Waals surface area contributed by atoms with Crippen LogP contribution in [0.1, 0.15) is 35.7 Å². The fourth-order valence-corrected chi connectivity index (χ4v) is 5.28. The molecule has 2 atom stereocenters. The number of benzene rings is 2. The molecule has 1 aliphatic heterocycles. The Morgan fingerprint density at radius 1 is 1.17 bits per heavy atom. The molecule has 192 valence electrons. The molecule has 0 unspecified atom stereocenters. The number of nitrogens with zero attached hydrogens (tertiary/aromatic N) is 1. The lowest BCUT2D eigenvalue weighted by Gasteiger charge is -2.25. The number of hydrogen-bond donors (Lipinski definition) is 2. The van der Waals surface area contributed by atoms with E-state index in [1.807, 2.05) is 0 Å². The van der Waals surface area contributed by atoms with E-state index >= 15 is 0 Å². The van der Waals surface area contributed by atoms with E-state index in [1.165, 1.54) is 30.0 Å². The Labute approximate surface area is 212 Å². The van der Waals surface area contributed by atoms with Crippen LogP contribution in [0.4, 0.5) is 18.9 Å². The third-order valence-electron chi connectivity index (χ3n) is 5.54. The molecule has 7 nitrogen and oxygen atoms in total. The molecule has 13 heteroatoms. The second-order valence-electron chi connectivity index (χ2n) is 7.98. The molecular weight excluding hydrogens is 530 g/mol. The van der Waals surface area contributed by atoms with Crippen molar-refractivity contribution < 1.29 is 31.2 Å². The molecule has 2 aromatic rings. The standard InChI is InChI=1S/C22H23ClF3N3O4S.ClH/c1-13-19(27)21(31)29(12-14-3-6-16(23)7-4-14)17-11-15(5-8-18(17)34(13,32)33)20(30)28-10-2-9-22(24,25)26;/h3-8,11,13,19H,2,9-10,12,27H2,1H3,(H,28,30);1H/t13-,19+;/m1./s1. The van der Waals surface area contributed by atoms with Crippen molar-refractivity contribution in [1.29, 1.82) is 0 Å². The third kappa shape index (κ3) is 6.66. The molecule has 3 rings (SSSR count). The number of halogens is 5. The fraction of sp³-hybridized carbons (Fsp3) is 0.364. The number of rotatable bonds is 6. The van der Waals surface area contributed by atoms with E-state index in [-0.39, 0.29) is 48.1 Å². The summed E-state index contributed by atoms with van der Waals surface area (Å²) in [6.45, 7) is 1.09. The van der Waals surface area contributed by atoms with Gasteiger partial charge in [-0.15, -0.1) is 12.4 Å². The normalized spacial score (nSPS) is 19.4. The predicted molar refractivity (Wildman–Crippen MR) is 129 cm³/mol. The minimum Gasteiger partial charge on any atom is -0.352 e. The Morgan fingerprint density at radius 3 is 2.40 bits per heavy atom. The number of sulfone groups is 1. The number of carbonyl (C=O) groups excluding carboxylic acids is 2. The van der Waals surface area contributed by atoms with Crippen molar-refractivity contribution in [2.45, 2.75) is 48.7 Å². The van der Waals surface area contributed by atoms with Crippen molar-refractivity contribution >= 4 is 51.3 Å². The number of anilines is 1. The van der Waals surface area contributed by atoms with E-state index in [0.717, 1.165) is 0 Å². The maximum Gasteiger partial charge on any atom is 0.389 e. The van der Waals surface area contributed by atoms with Crippen LogP contribution in [-0.4, -0.2) is 44.2 Å². The zero-order valence-corrected chi connectivity index (χ0v) is 20.9. The highest BCUT2D eigenvalue weighted by Gasteiger charge is 2.42. The highest BCUT2D eigenvalue weighted by Crippen LogP contribution is 2.35. The van der Waals surface area contributed by atoms with E-state index in [9.17, 15) is 31.2 Å². The second-order valence-corrected chi connectivity index (χ2v) is 10.7. The number of nitrogens with two attached hydrogens (primary N) is 1. The Kier molecular flexibility index (Phi) is 9.21. The average molecular weight is 554 g/mol. The third-order valence-corrected chi connectivity index (χ3v) is 8.02. The van der Waals surface area contributed by atoms with E-state index in [1.54, 1.807) is 24.3 Å². The molecule has 3 N–H and O–H groups in total. The van der Waals surface area contributed by atoms with Crippen LogP contribution in [-0.2, 0) is 21.2 Å². The van der Waals surface area contributed by atoms with Crippen LogP contribution in [0.15, 0.2) is 47.4 Å². The molecule has 1 heterocycles. The highest BCUT2D eigenvalue weighted by atomic mass is 35.5. The molecule has 0 spiro atoms. The van der Waals surface area contributed by atoms with Gasteiger partial charge in [-0.1, -0.05) is 23.7 Å². The number of hydrogen-bond acceptors (Lipinski definition) is 5. The Morgan fingerprint density at radius 2 is 1.80 bits per heavy atom. The van der Waals surface area contributed by atoms with Crippen LogP contribution in [0, 0.1) is 0 Å². The quantitative estimate of drug-likeness (QED) is 0.527. The van der Waals surface area contributed by atoms with Crippen molar-refractivity contribution in [3.05, 3.63) is 58.6 Å². The first-order chi connectivity index (χ1) is 15.8. The van der Waals surface area contributed by atoms with Gasteiger partial charge in [0.05, 0.1) is 22.4 Å². The van der Waals surface area contributed by atoms with E-state index in [4.69, 9.17) is 17.3 Å². The van der Waals surface area contributed by atoms with Crippen molar-refractivity contribution in [2.24, 2.45) is 5.73 Å². The molecule has 0 aromatic heterocycles. The van der Waals surface area contributed by atoms with Crippen LogP contribution < -0.4 is 16.0 Å². The second kappa shape index (κ2) is 11.2. The topological polar surface area (TPSA) is 110 Å². The Hall–Kier alpha value is -2.34. The number of fused-ring (bicyclic) bond motifs is 1. The zero-order chi connectivity index (χ0) is 25.3. The van der Waals surface area contributed by atoms with Gasteiger partial charge in [-0.2, -0.15) is 13.2 Å². The molecule has 0 radical (unpaired) electrons. The molecule has 35 heavy (non-hydrogen) atoms.